The van der Waals surface area contributed by atoms with Gasteiger partial charge in [-0.1, -0.05) is 13.2 Å². The summed E-state index contributed by atoms with van der Waals surface area (Å²) in [6.45, 7) is 7.74. The standard InChI is InChI=1S/C14H23O6P/c1-7-8(2)19-11(10(7)20-21(3,4)5)9-6-14(9,12(15)16)13(17)18/h7-11H,3,6H2,1-2,4-5H3,(H,15,16)(H,17,18). The first-order valence-corrected chi connectivity index (χ1v) is 9.78. The van der Waals surface area contributed by atoms with Gasteiger partial charge in [-0.15, -0.1) is 0 Å². The number of rotatable bonds is 5. The third-order valence-electron chi connectivity index (χ3n) is 4.54. The first kappa shape index (κ1) is 16.5. The monoisotopic (exact) mass is 318 g/mol. The van der Waals surface area contributed by atoms with Crippen LogP contribution < -0.4 is 0 Å². The zero-order valence-electron chi connectivity index (χ0n) is 12.8. The van der Waals surface area contributed by atoms with Crippen LogP contribution in [0, 0.1) is 17.3 Å². The average Bonchev–Trinajstić information content (AvgIpc) is 3.02. The molecule has 1 aliphatic heterocycles. The van der Waals surface area contributed by atoms with Crippen molar-refractivity contribution < 1.29 is 29.1 Å². The maximum absolute atomic E-state index is 11.4. The number of ether oxygens (including phenoxy) is 1. The second-order valence-electron chi connectivity index (χ2n) is 6.70. The van der Waals surface area contributed by atoms with Gasteiger partial charge in [0.15, 0.2) is 5.41 Å². The molecule has 6 nitrogen and oxygen atoms in total. The van der Waals surface area contributed by atoms with Crippen molar-refractivity contribution in [2.24, 2.45) is 17.3 Å². The van der Waals surface area contributed by atoms with Crippen LogP contribution in [0.25, 0.3) is 0 Å². The first-order valence-electron chi connectivity index (χ1n) is 6.99. The predicted molar refractivity (Wildman–Crippen MR) is 80.1 cm³/mol. The van der Waals surface area contributed by atoms with Crippen LogP contribution in [0.4, 0.5) is 0 Å². The van der Waals surface area contributed by atoms with E-state index in [9.17, 15) is 19.8 Å². The van der Waals surface area contributed by atoms with Crippen molar-refractivity contribution in [1.82, 2.24) is 0 Å². The number of carboxylic acid groups (broad SMARTS) is 2. The lowest BCUT2D eigenvalue weighted by Gasteiger charge is -2.27. The minimum atomic E-state index is -1.79. The summed E-state index contributed by atoms with van der Waals surface area (Å²) < 4.78 is 11.9. The molecule has 1 saturated carbocycles. The molecular formula is C14H23O6P. The van der Waals surface area contributed by atoms with Crippen LogP contribution in [0.15, 0.2) is 0 Å². The molecule has 5 atom stereocenters. The molecule has 1 saturated heterocycles. The molecule has 120 valence electrons. The fraction of sp³-hybridized carbons (Fsp3) is 0.786. The van der Waals surface area contributed by atoms with E-state index in [0.29, 0.717) is 0 Å². The number of carboxylic acids is 2. The normalized spacial score (nSPS) is 38.2. The minimum Gasteiger partial charge on any atom is -0.480 e. The summed E-state index contributed by atoms with van der Waals surface area (Å²) in [7, 11) is -1.79. The minimum absolute atomic E-state index is 0.0805. The zero-order chi connectivity index (χ0) is 16.2. The summed E-state index contributed by atoms with van der Waals surface area (Å²) in [4.78, 5) is 22.7. The zero-order valence-corrected chi connectivity index (χ0v) is 13.7. The summed E-state index contributed by atoms with van der Waals surface area (Å²) >= 11 is 0. The number of aliphatic carboxylic acids is 2. The molecular weight excluding hydrogens is 295 g/mol. The molecule has 1 aliphatic carbocycles. The van der Waals surface area contributed by atoms with Gasteiger partial charge in [0.1, 0.15) is 0 Å². The second kappa shape index (κ2) is 5.11. The van der Waals surface area contributed by atoms with Crippen molar-refractivity contribution in [2.45, 2.75) is 38.6 Å². The lowest BCUT2D eigenvalue weighted by atomic mass is 9.93. The fourth-order valence-corrected chi connectivity index (χ4v) is 4.06. The Morgan fingerprint density at radius 3 is 2.19 bits per heavy atom. The van der Waals surface area contributed by atoms with Crippen molar-refractivity contribution in [1.29, 1.82) is 0 Å². The average molecular weight is 318 g/mol. The molecule has 2 rings (SSSR count). The van der Waals surface area contributed by atoms with Gasteiger partial charge < -0.3 is 19.5 Å². The van der Waals surface area contributed by atoms with Crippen LogP contribution in [-0.2, 0) is 18.8 Å². The van der Waals surface area contributed by atoms with E-state index >= 15 is 0 Å². The molecule has 0 radical (unpaired) electrons. The first-order chi connectivity index (χ1) is 9.50. The molecule has 1 heterocycles. The van der Waals surface area contributed by atoms with E-state index < -0.39 is 36.5 Å². The van der Waals surface area contributed by atoms with Gasteiger partial charge in [0.2, 0.25) is 0 Å². The fourth-order valence-electron chi connectivity index (χ4n) is 3.09. The molecule has 2 N–H and O–H groups in total. The Kier molecular flexibility index (Phi) is 4.02. The van der Waals surface area contributed by atoms with Gasteiger partial charge in [0, 0.05) is 11.8 Å². The van der Waals surface area contributed by atoms with E-state index in [1.165, 1.54) is 0 Å². The molecule has 0 aromatic rings. The van der Waals surface area contributed by atoms with Crippen LogP contribution in [0.1, 0.15) is 20.3 Å². The highest BCUT2D eigenvalue weighted by atomic mass is 31.2. The highest BCUT2D eigenvalue weighted by Crippen LogP contribution is 2.59. The van der Waals surface area contributed by atoms with Gasteiger partial charge in [0.25, 0.3) is 0 Å². The van der Waals surface area contributed by atoms with Crippen LogP contribution in [0.2, 0.25) is 0 Å². The third-order valence-corrected chi connectivity index (χ3v) is 5.35. The summed E-state index contributed by atoms with van der Waals surface area (Å²) in [6, 6.07) is 0. The molecule has 0 amide bonds. The van der Waals surface area contributed by atoms with Gasteiger partial charge >= 0.3 is 11.9 Å². The van der Waals surface area contributed by atoms with E-state index in [4.69, 9.17) is 9.26 Å². The maximum Gasteiger partial charge on any atom is 0.321 e. The summed E-state index contributed by atoms with van der Waals surface area (Å²) in [5, 5.41) is 18.5. The molecule has 7 heteroatoms. The quantitative estimate of drug-likeness (QED) is 0.591. The van der Waals surface area contributed by atoms with Gasteiger partial charge in [-0.3, -0.25) is 9.59 Å². The number of hydrogen-bond donors (Lipinski definition) is 2. The topological polar surface area (TPSA) is 93.1 Å². The lowest BCUT2D eigenvalue weighted by molar-refractivity contribution is -0.159. The lowest BCUT2D eigenvalue weighted by Crippen LogP contribution is -2.36. The van der Waals surface area contributed by atoms with E-state index in [-0.39, 0.29) is 24.5 Å². The van der Waals surface area contributed by atoms with Crippen molar-refractivity contribution >= 4 is 25.4 Å². The number of carbonyl (C=O) groups is 2. The number of hydrogen-bond acceptors (Lipinski definition) is 4. The Labute approximate surface area is 124 Å². The Hall–Kier alpha value is -0.840. The van der Waals surface area contributed by atoms with Crippen molar-refractivity contribution in [2.75, 3.05) is 13.3 Å². The molecule has 2 fully saturated rings. The van der Waals surface area contributed by atoms with E-state index in [2.05, 4.69) is 6.30 Å². The summed E-state index contributed by atoms with van der Waals surface area (Å²) in [6.07, 6.45) is 3.22. The Morgan fingerprint density at radius 1 is 1.29 bits per heavy atom. The van der Waals surface area contributed by atoms with Crippen LogP contribution in [0.3, 0.4) is 0 Å². The van der Waals surface area contributed by atoms with Crippen LogP contribution in [-0.4, -0.2) is 60.1 Å². The SMILES string of the molecule is C=P(C)(C)OC1C(C)C(C)OC1C1CC1(C(=O)O)C(=O)O. The molecule has 0 aromatic carbocycles. The Morgan fingerprint density at radius 2 is 1.81 bits per heavy atom. The van der Waals surface area contributed by atoms with E-state index in [1.807, 2.05) is 27.2 Å². The Balaban J connectivity index is 2.25. The smallest absolute Gasteiger partial charge is 0.321 e. The summed E-state index contributed by atoms with van der Waals surface area (Å²) in [5.41, 5.74) is -1.72. The molecule has 2 aliphatic rings. The molecule has 21 heavy (non-hydrogen) atoms. The third kappa shape index (κ3) is 2.77. The second-order valence-corrected chi connectivity index (χ2v) is 10.1. The predicted octanol–water partition coefficient (Wildman–Crippen LogP) is 1.59. The van der Waals surface area contributed by atoms with Crippen molar-refractivity contribution in [3.05, 3.63) is 0 Å². The van der Waals surface area contributed by atoms with Gasteiger partial charge in [-0.25, -0.2) is 0 Å². The molecule has 0 bridgehead atoms. The highest BCUT2D eigenvalue weighted by molar-refractivity contribution is 7.67. The largest absolute Gasteiger partial charge is 0.480 e. The van der Waals surface area contributed by atoms with Crippen LogP contribution >= 0.6 is 7.11 Å². The van der Waals surface area contributed by atoms with Crippen molar-refractivity contribution in [3.8, 4) is 0 Å². The van der Waals surface area contributed by atoms with Gasteiger partial charge in [0.05, 0.1) is 18.3 Å². The molecule has 0 spiro atoms. The van der Waals surface area contributed by atoms with E-state index in [0.717, 1.165) is 0 Å². The highest BCUT2D eigenvalue weighted by Gasteiger charge is 2.72. The molecule has 5 unspecified atom stereocenters. The van der Waals surface area contributed by atoms with Crippen molar-refractivity contribution in [3.63, 3.8) is 0 Å². The van der Waals surface area contributed by atoms with E-state index in [1.54, 1.807) is 0 Å². The van der Waals surface area contributed by atoms with Gasteiger partial charge in [-0.05, 0) is 33.8 Å². The Bertz CT molecular complexity index is 496. The maximum atomic E-state index is 11.4. The van der Waals surface area contributed by atoms with Crippen LogP contribution in [0.5, 0.6) is 0 Å². The molecule has 0 aromatic heterocycles. The summed E-state index contributed by atoms with van der Waals surface area (Å²) in [5.74, 6) is -3.05. The van der Waals surface area contributed by atoms with Gasteiger partial charge in [-0.2, -0.15) is 0 Å².